The largest absolute Gasteiger partial charge is 0.493 e. The van der Waals surface area contributed by atoms with Crippen LogP contribution in [0.1, 0.15) is 16.0 Å². The van der Waals surface area contributed by atoms with Crippen LogP contribution in [0.4, 0.5) is 5.69 Å². The van der Waals surface area contributed by atoms with Crippen molar-refractivity contribution < 1.29 is 19.3 Å². The van der Waals surface area contributed by atoms with Gasteiger partial charge in [0, 0.05) is 5.56 Å². The Morgan fingerprint density at radius 3 is 2.33 bits per heavy atom. The number of ether oxygens (including phenoxy) is 3. The minimum absolute atomic E-state index is 0.0550. The summed E-state index contributed by atoms with van der Waals surface area (Å²) in [5.41, 5.74) is 2.34. The van der Waals surface area contributed by atoms with E-state index in [0.717, 1.165) is 33.0 Å². The number of methoxy groups -OCH3 is 3. The number of aromatic nitrogens is 1. The number of nitrogens with zero attached hydrogens (tertiary/aromatic N) is 3. The summed E-state index contributed by atoms with van der Waals surface area (Å²) in [6.45, 7) is 0.307. The second-order valence-electron chi connectivity index (χ2n) is 7.98. The summed E-state index contributed by atoms with van der Waals surface area (Å²) in [7, 11) is 4.67. The van der Waals surface area contributed by atoms with Gasteiger partial charge in [-0.25, -0.2) is 9.98 Å². The number of fused-ring (bicyclic) bond motifs is 1. The topological polar surface area (TPSA) is 94.6 Å². The SMILES string of the molecule is COc1cc(C2=Nc3c/c(=C/c4sc(=O)n(Cc5ccccc5)c4O)ccc3=N2)cc(OC)c1OC. The van der Waals surface area contributed by atoms with Gasteiger partial charge in [0.1, 0.15) is 0 Å². The molecule has 5 rings (SSSR count). The highest BCUT2D eigenvalue weighted by molar-refractivity contribution is 7.10. The van der Waals surface area contributed by atoms with E-state index in [0.29, 0.717) is 40.2 Å². The summed E-state index contributed by atoms with van der Waals surface area (Å²) in [6.07, 6.45) is 1.77. The molecule has 1 aromatic heterocycles. The number of benzene rings is 3. The molecule has 0 radical (unpaired) electrons. The van der Waals surface area contributed by atoms with Crippen LogP contribution in [0.3, 0.4) is 0 Å². The van der Waals surface area contributed by atoms with Crippen LogP contribution < -0.4 is 29.7 Å². The van der Waals surface area contributed by atoms with Gasteiger partial charge in [0.25, 0.3) is 0 Å². The number of amidine groups is 1. The van der Waals surface area contributed by atoms with E-state index in [1.807, 2.05) is 48.5 Å². The fraction of sp³-hybridized carbons (Fsp3) is 0.148. The molecule has 0 saturated carbocycles. The maximum atomic E-state index is 12.5. The monoisotopic (exact) mass is 501 g/mol. The summed E-state index contributed by atoms with van der Waals surface area (Å²) < 4.78 is 17.7. The predicted octanol–water partition coefficient (Wildman–Crippen LogP) is 3.23. The zero-order valence-electron chi connectivity index (χ0n) is 19.9. The van der Waals surface area contributed by atoms with E-state index < -0.39 is 0 Å². The van der Waals surface area contributed by atoms with E-state index >= 15 is 0 Å². The number of thiazole rings is 1. The molecule has 0 bridgehead atoms. The van der Waals surface area contributed by atoms with Crippen molar-refractivity contribution >= 4 is 28.9 Å². The van der Waals surface area contributed by atoms with Crippen molar-refractivity contribution in [2.24, 2.45) is 9.98 Å². The van der Waals surface area contributed by atoms with Gasteiger partial charge in [-0.1, -0.05) is 47.7 Å². The van der Waals surface area contributed by atoms with Gasteiger partial charge >= 0.3 is 4.87 Å². The smallest absolute Gasteiger partial charge is 0.310 e. The number of aromatic hydroxyl groups is 1. The average Bonchev–Trinajstić information content (AvgIpc) is 3.44. The number of hydrogen-bond acceptors (Lipinski definition) is 8. The van der Waals surface area contributed by atoms with Crippen molar-refractivity contribution in [1.29, 1.82) is 0 Å². The maximum absolute atomic E-state index is 12.5. The molecule has 9 heteroatoms. The molecule has 0 fully saturated rings. The lowest BCUT2D eigenvalue weighted by Gasteiger charge is -2.13. The Labute approximate surface area is 210 Å². The summed E-state index contributed by atoms with van der Waals surface area (Å²) >= 11 is 1.00. The fourth-order valence-corrected chi connectivity index (χ4v) is 4.82. The molecule has 0 amide bonds. The molecule has 36 heavy (non-hydrogen) atoms. The normalized spacial score (nSPS) is 12.6. The molecule has 2 heterocycles. The van der Waals surface area contributed by atoms with Crippen LogP contribution in [0.2, 0.25) is 0 Å². The lowest BCUT2D eigenvalue weighted by atomic mass is 10.1. The fourth-order valence-electron chi connectivity index (χ4n) is 3.97. The molecule has 4 aromatic rings. The molecular weight excluding hydrogens is 478 g/mol. The van der Waals surface area contributed by atoms with Crippen LogP contribution in [0, 0.1) is 0 Å². The first-order chi connectivity index (χ1) is 17.5. The first-order valence-corrected chi connectivity index (χ1v) is 11.9. The molecular formula is C27H23N3O5S. The molecule has 1 aliphatic rings. The molecule has 182 valence electrons. The lowest BCUT2D eigenvalue weighted by Crippen LogP contribution is -2.13. The Morgan fingerprint density at radius 2 is 1.67 bits per heavy atom. The molecule has 0 atom stereocenters. The molecule has 0 saturated heterocycles. The first-order valence-electron chi connectivity index (χ1n) is 11.1. The summed E-state index contributed by atoms with van der Waals surface area (Å²) in [5, 5.41) is 12.2. The molecule has 1 aliphatic heterocycles. The van der Waals surface area contributed by atoms with Crippen molar-refractivity contribution in [2.45, 2.75) is 6.54 Å². The number of rotatable bonds is 7. The van der Waals surface area contributed by atoms with Gasteiger partial charge in [0.2, 0.25) is 11.6 Å². The molecule has 8 nitrogen and oxygen atoms in total. The minimum atomic E-state index is -0.221. The Kier molecular flexibility index (Phi) is 6.30. The average molecular weight is 502 g/mol. The van der Waals surface area contributed by atoms with E-state index in [2.05, 4.69) is 9.98 Å². The van der Waals surface area contributed by atoms with Crippen LogP contribution in [0.25, 0.3) is 6.08 Å². The summed E-state index contributed by atoms with van der Waals surface area (Å²) in [5.74, 6) is 1.98. The first kappa shape index (κ1) is 23.4. The molecule has 0 unspecified atom stereocenters. The van der Waals surface area contributed by atoms with Crippen molar-refractivity contribution in [2.75, 3.05) is 21.3 Å². The molecule has 0 spiro atoms. The van der Waals surface area contributed by atoms with Crippen molar-refractivity contribution in [3.8, 4) is 23.1 Å². The van der Waals surface area contributed by atoms with Gasteiger partial charge in [0.15, 0.2) is 17.3 Å². The van der Waals surface area contributed by atoms with Crippen LogP contribution >= 0.6 is 11.3 Å². The Bertz CT molecular complexity index is 1630. The summed E-state index contributed by atoms with van der Waals surface area (Å²) in [6, 6.07) is 18.8. The number of hydrogen-bond donors (Lipinski definition) is 1. The Hall–Kier alpha value is -4.37. The second kappa shape index (κ2) is 9.71. The molecule has 1 N–H and O–H groups in total. The van der Waals surface area contributed by atoms with E-state index in [4.69, 9.17) is 14.2 Å². The van der Waals surface area contributed by atoms with E-state index in [1.165, 1.54) is 4.57 Å². The third kappa shape index (κ3) is 4.36. The van der Waals surface area contributed by atoms with Gasteiger partial charge in [-0.05, 0) is 41.1 Å². The van der Waals surface area contributed by atoms with Crippen molar-refractivity contribution in [3.05, 3.63) is 96.9 Å². The Balaban J connectivity index is 1.49. The second-order valence-corrected chi connectivity index (χ2v) is 8.97. The van der Waals surface area contributed by atoms with Gasteiger partial charge in [-0.15, -0.1) is 0 Å². The predicted molar refractivity (Wildman–Crippen MR) is 139 cm³/mol. The van der Waals surface area contributed by atoms with Gasteiger partial charge in [-0.2, -0.15) is 0 Å². The van der Waals surface area contributed by atoms with Crippen LogP contribution in [0.15, 0.2) is 75.4 Å². The zero-order chi connectivity index (χ0) is 25.2. The van der Waals surface area contributed by atoms with Gasteiger partial charge in [-0.3, -0.25) is 9.36 Å². The third-order valence-corrected chi connectivity index (χ3v) is 6.67. The zero-order valence-corrected chi connectivity index (χ0v) is 20.7. The van der Waals surface area contributed by atoms with Crippen LogP contribution in [-0.2, 0) is 6.54 Å². The third-order valence-electron chi connectivity index (χ3n) is 5.75. The van der Waals surface area contributed by atoms with Crippen molar-refractivity contribution in [3.63, 3.8) is 0 Å². The van der Waals surface area contributed by atoms with Crippen LogP contribution in [0.5, 0.6) is 23.1 Å². The standard InChI is InChI=1S/C27H23N3O5S/c1-33-21-13-18(14-22(34-2)24(21)35-3)25-28-19-10-9-17(11-20(19)29-25)12-23-26(31)30(27(32)36-23)15-16-7-5-4-6-8-16/h4-14,31H,15H2,1-3H3/b17-12+. The highest BCUT2D eigenvalue weighted by Crippen LogP contribution is 2.38. The molecule has 3 aromatic carbocycles. The number of aliphatic imine (C=N–C) groups is 1. The molecule has 0 aliphatic carbocycles. The van der Waals surface area contributed by atoms with E-state index in [-0.39, 0.29) is 10.8 Å². The van der Waals surface area contributed by atoms with Gasteiger partial charge < -0.3 is 19.3 Å². The van der Waals surface area contributed by atoms with E-state index in [9.17, 15) is 9.90 Å². The van der Waals surface area contributed by atoms with Crippen LogP contribution in [-0.4, -0.2) is 36.8 Å². The summed E-state index contributed by atoms with van der Waals surface area (Å²) in [4.78, 5) is 22.1. The highest BCUT2D eigenvalue weighted by Gasteiger charge is 2.18. The van der Waals surface area contributed by atoms with E-state index in [1.54, 1.807) is 39.5 Å². The Morgan fingerprint density at radius 1 is 0.944 bits per heavy atom. The minimum Gasteiger partial charge on any atom is -0.493 e. The lowest BCUT2D eigenvalue weighted by molar-refractivity contribution is 0.324. The maximum Gasteiger partial charge on any atom is 0.310 e. The van der Waals surface area contributed by atoms with Crippen molar-refractivity contribution in [1.82, 2.24) is 4.57 Å². The van der Waals surface area contributed by atoms with Gasteiger partial charge in [0.05, 0.1) is 43.8 Å². The quantitative estimate of drug-likeness (QED) is 0.420. The highest BCUT2D eigenvalue weighted by atomic mass is 32.1.